The molecule has 1 aliphatic carbocycles. The fraction of sp³-hybridized carbons (Fsp3) is 0.375. The molecule has 1 aromatic carbocycles. The van der Waals surface area contributed by atoms with Crippen LogP contribution in [0.15, 0.2) is 35.8 Å². The second-order valence-electron chi connectivity index (χ2n) is 5.52. The number of nitrogens with two attached hydrogens (primary N) is 1. The molecule has 0 unspecified atom stereocenters. The van der Waals surface area contributed by atoms with Crippen molar-refractivity contribution in [1.82, 2.24) is 4.98 Å². The highest BCUT2D eigenvalue weighted by atomic mass is 35.5. The molecule has 1 saturated carbocycles. The molecular formula is C16H20ClN3OS. The SMILES string of the molecule is Cl.N[C@@H]1CCC[C@H]1CC(=O)Nc1ccc(-c2nccs2)cc1. The van der Waals surface area contributed by atoms with E-state index in [2.05, 4.69) is 10.3 Å². The minimum Gasteiger partial charge on any atom is -0.327 e. The van der Waals surface area contributed by atoms with Crippen molar-refractivity contribution in [2.45, 2.75) is 31.7 Å². The summed E-state index contributed by atoms with van der Waals surface area (Å²) < 4.78 is 0. The molecule has 3 N–H and O–H groups in total. The van der Waals surface area contributed by atoms with Crippen molar-refractivity contribution in [2.75, 3.05) is 5.32 Å². The first-order valence-corrected chi connectivity index (χ1v) is 8.16. The molecule has 118 valence electrons. The van der Waals surface area contributed by atoms with E-state index in [0.29, 0.717) is 12.3 Å². The first-order valence-electron chi connectivity index (χ1n) is 7.28. The number of nitrogens with zero attached hydrogens (tertiary/aromatic N) is 1. The summed E-state index contributed by atoms with van der Waals surface area (Å²) in [5, 5.41) is 5.90. The normalized spacial score (nSPS) is 20.4. The standard InChI is InChI=1S/C16H19N3OS.ClH/c17-14-3-1-2-12(14)10-15(20)19-13-6-4-11(5-7-13)16-18-8-9-21-16;/h4-9,12,14H,1-3,10,17H2,(H,19,20);1H/t12-,14+;/m0./s1. The molecule has 1 aromatic heterocycles. The van der Waals surface area contributed by atoms with Gasteiger partial charge in [0.2, 0.25) is 5.91 Å². The maximum Gasteiger partial charge on any atom is 0.224 e. The fourth-order valence-corrected chi connectivity index (χ4v) is 3.48. The summed E-state index contributed by atoms with van der Waals surface area (Å²) in [5.41, 5.74) is 7.90. The molecule has 2 aromatic rings. The number of benzene rings is 1. The number of aromatic nitrogens is 1. The monoisotopic (exact) mass is 337 g/mol. The Balaban J connectivity index is 0.00000176. The summed E-state index contributed by atoms with van der Waals surface area (Å²) in [6, 6.07) is 7.99. The topological polar surface area (TPSA) is 68.0 Å². The fourth-order valence-electron chi connectivity index (χ4n) is 2.83. The van der Waals surface area contributed by atoms with E-state index in [0.717, 1.165) is 35.5 Å². The highest BCUT2D eigenvalue weighted by Gasteiger charge is 2.25. The summed E-state index contributed by atoms with van der Waals surface area (Å²) in [5.74, 6) is 0.388. The van der Waals surface area contributed by atoms with Crippen LogP contribution >= 0.6 is 23.7 Å². The Hall–Kier alpha value is -1.43. The highest BCUT2D eigenvalue weighted by molar-refractivity contribution is 7.13. The van der Waals surface area contributed by atoms with Crippen LogP contribution in [0, 0.1) is 5.92 Å². The minimum atomic E-state index is 0. The van der Waals surface area contributed by atoms with Gasteiger partial charge in [0.25, 0.3) is 0 Å². The Kier molecular flexibility index (Phi) is 5.94. The van der Waals surface area contributed by atoms with Crippen molar-refractivity contribution in [3.63, 3.8) is 0 Å². The lowest BCUT2D eigenvalue weighted by molar-refractivity contribution is -0.117. The average Bonchev–Trinajstić information content (AvgIpc) is 3.12. The quantitative estimate of drug-likeness (QED) is 0.894. The van der Waals surface area contributed by atoms with Crippen LogP contribution < -0.4 is 11.1 Å². The molecule has 6 heteroatoms. The van der Waals surface area contributed by atoms with Crippen LogP contribution in [0.5, 0.6) is 0 Å². The molecule has 1 amide bonds. The third kappa shape index (κ3) is 4.06. The number of nitrogens with one attached hydrogen (secondary N) is 1. The number of rotatable bonds is 4. The maximum atomic E-state index is 12.1. The molecule has 1 aliphatic rings. The van der Waals surface area contributed by atoms with Crippen molar-refractivity contribution in [2.24, 2.45) is 11.7 Å². The second-order valence-corrected chi connectivity index (χ2v) is 6.42. The minimum absolute atomic E-state index is 0. The van der Waals surface area contributed by atoms with Gasteiger partial charge in [-0.3, -0.25) is 4.79 Å². The van der Waals surface area contributed by atoms with E-state index in [9.17, 15) is 4.79 Å². The number of hydrogen-bond acceptors (Lipinski definition) is 4. The van der Waals surface area contributed by atoms with Gasteiger partial charge in [0.05, 0.1) is 0 Å². The van der Waals surface area contributed by atoms with Crippen LogP contribution in [-0.4, -0.2) is 16.9 Å². The highest BCUT2D eigenvalue weighted by Crippen LogP contribution is 2.27. The smallest absolute Gasteiger partial charge is 0.224 e. The first-order chi connectivity index (χ1) is 10.2. The lowest BCUT2D eigenvalue weighted by atomic mass is 10.00. The summed E-state index contributed by atoms with van der Waals surface area (Å²) in [6.45, 7) is 0. The lowest BCUT2D eigenvalue weighted by Gasteiger charge is -2.14. The number of carbonyl (C=O) groups is 1. The van der Waals surface area contributed by atoms with Crippen molar-refractivity contribution in [3.8, 4) is 10.6 Å². The number of hydrogen-bond donors (Lipinski definition) is 2. The second kappa shape index (κ2) is 7.72. The van der Waals surface area contributed by atoms with Crippen LogP contribution in [0.25, 0.3) is 10.6 Å². The Bertz CT molecular complexity index is 600. The van der Waals surface area contributed by atoms with Gasteiger partial charge < -0.3 is 11.1 Å². The average molecular weight is 338 g/mol. The van der Waals surface area contributed by atoms with Gasteiger partial charge in [-0.2, -0.15) is 0 Å². The van der Waals surface area contributed by atoms with Crippen LogP contribution in [0.2, 0.25) is 0 Å². The molecule has 0 aliphatic heterocycles. The molecule has 1 heterocycles. The van der Waals surface area contributed by atoms with Crippen LogP contribution in [0.4, 0.5) is 5.69 Å². The van der Waals surface area contributed by atoms with Crippen LogP contribution in [0.3, 0.4) is 0 Å². The van der Waals surface area contributed by atoms with Gasteiger partial charge in [0.15, 0.2) is 0 Å². The number of amides is 1. The molecule has 3 rings (SSSR count). The predicted octanol–water partition coefficient (Wildman–Crippen LogP) is 3.69. The Morgan fingerprint density at radius 1 is 1.32 bits per heavy atom. The van der Waals surface area contributed by atoms with Crippen LogP contribution in [0.1, 0.15) is 25.7 Å². The van der Waals surface area contributed by atoms with E-state index >= 15 is 0 Å². The van der Waals surface area contributed by atoms with Crippen molar-refractivity contribution in [3.05, 3.63) is 35.8 Å². The molecule has 0 saturated heterocycles. The van der Waals surface area contributed by atoms with Crippen molar-refractivity contribution in [1.29, 1.82) is 0 Å². The largest absolute Gasteiger partial charge is 0.327 e. The zero-order chi connectivity index (χ0) is 14.7. The van der Waals surface area contributed by atoms with E-state index in [1.165, 1.54) is 0 Å². The Labute approximate surface area is 140 Å². The Morgan fingerprint density at radius 2 is 2.09 bits per heavy atom. The van der Waals surface area contributed by atoms with Gasteiger partial charge in [-0.15, -0.1) is 23.7 Å². The molecule has 22 heavy (non-hydrogen) atoms. The number of anilines is 1. The molecular weight excluding hydrogens is 318 g/mol. The first kappa shape index (κ1) is 16.9. The van der Waals surface area contributed by atoms with E-state index in [-0.39, 0.29) is 24.4 Å². The molecule has 0 radical (unpaired) electrons. The third-order valence-corrected chi connectivity index (χ3v) is 4.84. The number of thiazole rings is 1. The van der Waals surface area contributed by atoms with Gasteiger partial charge in [-0.05, 0) is 43.0 Å². The zero-order valence-corrected chi connectivity index (χ0v) is 13.8. The third-order valence-electron chi connectivity index (χ3n) is 4.01. The van der Waals surface area contributed by atoms with Gasteiger partial charge in [0, 0.05) is 35.3 Å². The van der Waals surface area contributed by atoms with E-state index in [1.54, 1.807) is 17.5 Å². The molecule has 0 spiro atoms. The number of carbonyl (C=O) groups excluding carboxylic acids is 1. The predicted molar refractivity (Wildman–Crippen MR) is 93.4 cm³/mol. The van der Waals surface area contributed by atoms with E-state index in [4.69, 9.17) is 5.73 Å². The van der Waals surface area contributed by atoms with Gasteiger partial charge in [-0.1, -0.05) is 6.42 Å². The van der Waals surface area contributed by atoms with E-state index < -0.39 is 0 Å². The van der Waals surface area contributed by atoms with Crippen molar-refractivity contribution >= 4 is 35.3 Å². The van der Waals surface area contributed by atoms with E-state index in [1.807, 2.05) is 29.6 Å². The van der Waals surface area contributed by atoms with Crippen molar-refractivity contribution < 1.29 is 4.79 Å². The maximum absolute atomic E-state index is 12.1. The molecule has 2 atom stereocenters. The Morgan fingerprint density at radius 3 is 2.68 bits per heavy atom. The lowest BCUT2D eigenvalue weighted by Crippen LogP contribution is -2.28. The van der Waals surface area contributed by atoms with Gasteiger partial charge in [-0.25, -0.2) is 4.98 Å². The number of halogens is 1. The summed E-state index contributed by atoms with van der Waals surface area (Å²) >= 11 is 1.60. The molecule has 4 nitrogen and oxygen atoms in total. The summed E-state index contributed by atoms with van der Waals surface area (Å²) in [6.07, 6.45) is 5.57. The van der Waals surface area contributed by atoms with Gasteiger partial charge in [0.1, 0.15) is 5.01 Å². The summed E-state index contributed by atoms with van der Waals surface area (Å²) in [7, 11) is 0. The zero-order valence-electron chi connectivity index (χ0n) is 12.2. The van der Waals surface area contributed by atoms with Crippen LogP contribution in [-0.2, 0) is 4.79 Å². The molecule has 0 bridgehead atoms. The van der Waals surface area contributed by atoms with Gasteiger partial charge >= 0.3 is 0 Å². The molecule has 1 fully saturated rings. The summed E-state index contributed by atoms with van der Waals surface area (Å²) in [4.78, 5) is 16.3.